The molecule has 1 aliphatic heterocycles. The Balaban J connectivity index is 1.38. The van der Waals surface area contributed by atoms with Crippen molar-refractivity contribution in [1.82, 2.24) is 20.2 Å². The molecule has 1 fully saturated rings. The van der Waals surface area contributed by atoms with Crippen LogP contribution in [0.25, 0.3) is 32.0 Å². The summed E-state index contributed by atoms with van der Waals surface area (Å²) in [6, 6.07) is 21.1. The van der Waals surface area contributed by atoms with Crippen LogP contribution in [0.1, 0.15) is 5.56 Å². The van der Waals surface area contributed by atoms with Gasteiger partial charge in [0.05, 0.1) is 10.2 Å². The maximum atomic E-state index is 4.74. The summed E-state index contributed by atoms with van der Waals surface area (Å²) in [7, 11) is 0. The predicted molar refractivity (Wildman–Crippen MR) is 115 cm³/mol. The van der Waals surface area contributed by atoms with E-state index in [0.29, 0.717) is 0 Å². The quantitative estimate of drug-likeness (QED) is 0.571. The minimum Gasteiger partial charge on any atom is -0.314 e. The van der Waals surface area contributed by atoms with Crippen LogP contribution >= 0.6 is 11.3 Å². The first-order valence-corrected chi connectivity index (χ1v) is 10.4. The van der Waals surface area contributed by atoms with E-state index in [2.05, 4.69) is 51.7 Å². The first kappa shape index (κ1) is 17.5. The average Bonchev–Trinajstić information content (AvgIpc) is 3.19. The zero-order chi connectivity index (χ0) is 18.8. The summed E-state index contributed by atoms with van der Waals surface area (Å²) >= 11 is 1.70. The highest BCUT2D eigenvalue weighted by atomic mass is 32.1. The van der Waals surface area contributed by atoms with E-state index in [0.717, 1.165) is 54.3 Å². The maximum absolute atomic E-state index is 4.74. The Labute approximate surface area is 168 Å². The van der Waals surface area contributed by atoms with Gasteiger partial charge in [-0.05, 0) is 17.2 Å². The summed E-state index contributed by atoms with van der Waals surface area (Å²) in [5, 5.41) is 3.40. The minimum atomic E-state index is 0.726. The highest BCUT2D eigenvalue weighted by molar-refractivity contribution is 7.22. The summed E-state index contributed by atoms with van der Waals surface area (Å²) in [4.78, 5) is 12.9. The van der Waals surface area contributed by atoms with Crippen molar-refractivity contribution in [3.63, 3.8) is 0 Å². The molecule has 139 valence electrons. The Morgan fingerprint density at radius 1 is 0.964 bits per heavy atom. The fourth-order valence-corrected chi connectivity index (χ4v) is 4.49. The second-order valence-electron chi connectivity index (χ2n) is 7.07. The van der Waals surface area contributed by atoms with Crippen molar-refractivity contribution in [1.29, 1.82) is 0 Å². The van der Waals surface area contributed by atoms with Crippen LogP contribution in [0.2, 0.25) is 0 Å². The van der Waals surface area contributed by atoms with Crippen molar-refractivity contribution < 1.29 is 0 Å². The zero-order valence-electron chi connectivity index (χ0n) is 15.6. The monoisotopic (exact) mass is 385 g/mol. The van der Waals surface area contributed by atoms with Crippen molar-refractivity contribution in [2.24, 2.45) is 0 Å². The second-order valence-corrected chi connectivity index (χ2v) is 8.13. The number of hydrogen-bond acceptors (Lipinski definition) is 5. The molecule has 5 rings (SSSR count). The first-order chi connectivity index (χ1) is 13.8. The molecule has 0 amide bonds. The van der Waals surface area contributed by atoms with Gasteiger partial charge in [-0.15, -0.1) is 11.3 Å². The Bertz CT molecular complexity index is 1070. The Morgan fingerprint density at radius 2 is 1.75 bits per heavy atom. The smallest absolute Gasteiger partial charge is 0.160 e. The summed E-state index contributed by atoms with van der Waals surface area (Å²) in [6.07, 6.45) is 3.17. The fourth-order valence-electron chi connectivity index (χ4n) is 3.55. The highest BCUT2D eigenvalue weighted by Gasteiger charge is 2.11. The Hall–Kier alpha value is -2.60. The number of piperazine rings is 1. The van der Waals surface area contributed by atoms with Gasteiger partial charge in [0.25, 0.3) is 0 Å². The second kappa shape index (κ2) is 7.80. The number of benzene rings is 2. The van der Waals surface area contributed by atoms with E-state index >= 15 is 0 Å². The molecule has 2 aromatic carbocycles. The molecule has 2 aromatic heterocycles. The summed E-state index contributed by atoms with van der Waals surface area (Å²) in [5.41, 5.74) is 4.57. The number of aromatic nitrogens is 2. The molecule has 1 radical (unpaired) electrons. The summed E-state index contributed by atoms with van der Waals surface area (Å²) < 4.78 is 1.000. The standard InChI is InChI=1S/C23H21N4S/c1-2-4-19(5-3-1)23-25-15-22-20(26-23)14-21(28-22)18-8-6-17(7-9-18)16-27-12-10-24-11-13-27/h1-9,14,24H,10-13,16H2. The molecule has 1 aliphatic rings. The van der Waals surface area contributed by atoms with Crippen LogP contribution in [0.5, 0.6) is 0 Å². The molecule has 3 heterocycles. The van der Waals surface area contributed by atoms with Gasteiger partial charge in [-0.2, -0.15) is 0 Å². The molecule has 28 heavy (non-hydrogen) atoms. The molecule has 0 atom stereocenters. The summed E-state index contributed by atoms with van der Waals surface area (Å²) in [5.74, 6) is 0.726. The highest BCUT2D eigenvalue weighted by Crippen LogP contribution is 2.33. The van der Waals surface area contributed by atoms with Crippen molar-refractivity contribution in [2.45, 2.75) is 6.54 Å². The van der Waals surface area contributed by atoms with E-state index in [1.807, 2.05) is 30.3 Å². The normalized spacial score (nSPS) is 15.1. The van der Waals surface area contributed by atoms with Crippen molar-refractivity contribution in [3.05, 3.63) is 72.4 Å². The van der Waals surface area contributed by atoms with Crippen LogP contribution in [0.15, 0.2) is 60.7 Å². The van der Waals surface area contributed by atoms with Gasteiger partial charge >= 0.3 is 0 Å². The molecule has 0 unspecified atom stereocenters. The molecular formula is C23H21N4S. The lowest BCUT2D eigenvalue weighted by Gasteiger charge is -2.27. The van der Waals surface area contributed by atoms with Gasteiger partial charge in [-0.25, -0.2) is 9.97 Å². The van der Waals surface area contributed by atoms with E-state index < -0.39 is 0 Å². The molecule has 0 saturated carbocycles. The summed E-state index contributed by atoms with van der Waals surface area (Å²) in [6.45, 7) is 5.44. The SMILES string of the molecule is [c]1nc(-c2ccccc2)nc2cc(-c3ccc(CN4CCNCC4)cc3)sc12. The van der Waals surface area contributed by atoms with Crippen LogP contribution in [0.3, 0.4) is 0 Å². The molecular weight excluding hydrogens is 364 g/mol. The van der Waals surface area contributed by atoms with Crippen molar-refractivity contribution in [2.75, 3.05) is 26.2 Å². The molecule has 4 nitrogen and oxygen atoms in total. The van der Waals surface area contributed by atoms with E-state index in [-0.39, 0.29) is 0 Å². The minimum absolute atomic E-state index is 0.726. The molecule has 0 bridgehead atoms. The molecule has 1 saturated heterocycles. The van der Waals surface area contributed by atoms with Crippen LogP contribution in [-0.2, 0) is 6.54 Å². The molecule has 5 heteroatoms. The van der Waals surface area contributed by atoms with Gasteiger partial charge < -0.3 is 5.32 Å². The van der Waals surface area contributed by atoms with Gasteiger partial charge in [0, 0.05) is 43.2 Å². The maximum Gasteiger partial charge on any atom is 0.160 e. The van der Waals surface area contributed by atoms with Gasteiger partial charge in [-0.1, -0.05) is 54.6 Å². The molecule has 4 aromatic rings. The third-order valence-electron chi connectivity index (χ3n) is 5.09. The molecule has 0 spiro atoms. The number of nitrogens with one attached hydrogen (secondary N) is 1. The van der Waals surface area contributed by atoms with E-state index in [1.165, 1.54) is 16.0 Å². The molecule has 1 N–H and O–H groups in total. The van der Waals surface area contributed by atoms with Crippen LogP contribution in [0, 0.1) is 6.20 Å². The average molecular weight is 386 g/mol. The predicted octanol–water partition coefficient (Wildman–Crippen LogP) is 4.23. The van der Waals surface area contributed by atoms with Crippen LogP contribution in [-0.4, -0.2) is 41.0 Å². The van der Waals surface area contributed by atoms with Crippen LogP contribution in [0.4, 0.5) is 0 Å². The van der Waals surface area contributed by atoms with Gasteiger partial charge in [0.1, 0.15) is 6.20 Å². The number of hydrogen-bond donors (Lipinski definition) is 1. The topological polar surface area (TPSA) is 41.1 Å². The largest absolute Gasteiger partial charge is 0.314 e. The van der Waals surface area contributed by atoms with Gasteiger partial charge in [0.2, 0.25) is 0 Å². The van der Waals surface area contributed by atoms with Crippen LogP contribution < -0.4 is 5.32 Å². The number of fused-ring (bicyclic) bond motifs is 1. The third kappa shape index (κ3) is 3.69. The van der Waals surface area contributed by atoms with Gasteiger partial charge in [-0.3, -0.25) is 4.90 Å². The number of nitrogens with zero attached hydrogens (tertiary/aromatic N) is 3. The van der Waals surface area contributed by atoms with E-state index in [9.17, 15) is 0 Å². The first-order valence-electron chi connectivity index (χ1n) is 9.62. The van der Waals surface area contributed by atoms with Gasteiger partial charge in [0.15, 0.2) is 5.82 Å². The Morgan fingerprint density at radius 3 is 2.54 bits per heavy atom. The van der Waals surface area contributed by atoms with E-state index in [4.69, 9.17) is 4.98 Å². The lowest BCUT2D eigenvalue weighted by Crippen LogP contribution is -2.42. The Kier molecular flexibility index (Phi) is 4.87. The fraction of sp³-hybridized carbons (Fsp3) is 0.217. The number of thiophene rings is 1. The van der Waals surface area contributed by atoms with Crippen molar-refractivity contribution in [3.8, 4) is 21.8 Å². The molecule has 0 aliphatic carbocycles. The number of rotatable bonds is 4. The van der Waals surface area contributed by atoms with Crippen molar-refractivity contribution >= 4 is 21.6 Å². The van der Waals surface area contributed by atoms with E-state index in [1.54, 1.807) is 11.3 Å². The zero-order valence-corrected chi connectivity index (χ0v) is 16.4. The lowest BCUT2D eigenvalue weighted by molar-refractivity contribution is 0.233. The third-order valence-corrected chi connectivity index (χ3v) is 6.17. The lowest BCUT2D eigenvalue weighted by atomic mass is 10.1.